The lowest BCUT2D eigenvalue weighted by atomic mass is 10.0. The molecule has 3 aromatic carbocycles. The number of para-hydroxylation sites is 2. The molecule has 0 aromatic heterocycles. The van der Waals surface area contributed by atoms with Crippen LogP contribution < -0.4 is 4.90 Å². The second-order valence-corrected chi connectivity index (χ2v) is 5.79. The Labute approximate surface area is 147 Å². The summed E-state index contributed by atoms with van der Waals surface area (Å²) in [4.78, 5) is 2.11. The molecule has 0 radical (unpaired) electrons. The van der Waals surface area contributed by atoms with Crippen molar-refractivity contribution in [2.24, 2.45) is 0 Å². The molecule has 0 aliphatic rings. The standard InChI is InChI=1S/C21H21NO3/c23-15-20(24)21(25)16-11-13-19(14-12-16)22(17-7-3-1-4-8-17)18-9-5-2-6-10-18/h1-14,20-21,23-25H,15H2. The van der Waals surface area contributed by atoms with Crippen LogP contribution in [0.2, 0.25) is 0 Å². The van der Waals surface area contributed by atoms with Gasteiger partial charge in [0.25, 0.3) is 0 Å². The molecule has 128 valence electrons. The van der Waals surface area contributed by atoms with Crippen molar-refractivity contribution in [1.29, 1.82) is 0 Å². The van der Waals surface area contributed by atoms with Crippen LogP contribution in [0.3, 0.4) is 0 Å². The summed E-state index contributed by atoms with van der Waals surface area (Å²) in [5, 5.41) is 28.6. The van der Waals surface area contributed by atoms with Crippen molar-refractivity contribution in [1.82, 2.24) is 0 Å². The lowest BCUT2D eigenvalue weighted by Crippen LogP contribution is -2.22. The van der Waals surface area contributed by atoms with Gasteiger partial charge < -0.3 is 20.2 Å². The number of aliphatic hydroxyl groups is 3. The summed E-state index contributed by atoms with van der Waals surface area (Å²) in [7, 11) is 0. The smallest absolute Gasteiger partial charge is 0.107 e. The molecule has 0 heterocycles. The van der Waals surface area contributed by atoms with Gasteiger partial charge in [-0.1, -0.05) is 48.5 Å². The van der Waals surface area contributed by atoms with Crippen LogP contribution in [0.25, 0.3) is 0 Å². The fourth-order valence-electron chi connectivity index (χ4n) is 2.74. The van der Waals surface area contributed by atoms with Crippen molar-refractivity contribution < 1.29 is 15.3 Å². The minimum Gasteiger partial charge on any atom is -0.394 e. The van der Waals surface area contributed by atoms with E-state index in [1.54, 1.807) is 12.1 Å². The molecular formula is C21H21NO3. The van der Waals surface area contributed by atoms with Gasteiger partial charge in [-0.25, -0.2) is 0 Å². The Hall–Kier alpha value is -2.66. The highest BCUT2D eigenvalue weighted by atomic mass is 16.4. The predicted molar refractivity (Wildman–Crippen MR) is 99.2 cm³/mol. The van der Waals surface area contributed by atoms with Crippen molar-refractivity contribution in [3.05, 3.63) is 90.5 Å². The summed E-state index contributed by atoms with van der Waals surface area (Å²) in [6, 6.07) is 27.3. The summed E-state index contributed by atoms with van der Waals surface area (Å²) in [5.41, 5.74) is 3.55. The van der Waals surface area contributed by atoms with Gasteiger partial charge in [0, 0.05) is 17.1 Å². The first-order valence-electron chi connectivity index (χ1n) is 8.18. The summed E-state index contributed by atoms with van der Waals surface area (Å²) in [5.74, 6) is 0. The summed E-state index contributed by atoms with van der Waals surface area (Å²) >= 11 is 0. The molecule has 0 amide bonds. The first-order chi connectivity index (χ1) is 12.2. The lowest BCUT2D eigenvalue weighted by Gasteiger charge is -2.26. The van der Waals surface area contributed by atoms with E-state index in [0.29, 0.717) is 5.56 Å². The van der Waals surface area contributed by atoms with Crippen LogP contribution in [0.1, 0.15) is 11.7 Å². The lowest BCUT2D eigenvalue weighted by molar-refractivity contribution is -0.0152. The Morgan fingerprint density at radius 2 is 1.08 bits per heavy atom. The van der Waals surface area contributed by atoms with Crippen LogP contribution in [0.4, 0.5) is 17.1 Å². The van der Waals surface area contributed by atoms with E-state index in [1.807, 2.05) is 72.8 Å². The molecule has 2 atom stereocenters. The van der Waals surface area contributed by atoms with Gasteiger partial charge in [0.15, 0.2) is 0 Å². The molecular weight excluding hydrogens is 314 g/mol. The van der Waals surface area contributed by atoms with E-state index in [1.165, 1.54) is 0 Å². The van der Waals surface area contributed by atoms with Gasteiger partial charge in [-0.2, -0.15) is 0 Å². The average molecular weight is 335 g/mol. The van der Waals surface area contributed by atoms with Gasteiger partial charge in [-0.15, -0.1) is 0 Å². The molecule has 2 unspecified atom stereocenters. The highest BCUT2D eigenvalue weighted by Crippen LogP contribution is 2.34. The third kappa shape index (κ3) is 3.88. The normalized spacial score (nSPS) is 13.2. The first-order valence-corrected chi connectivity index (χ1v) is 8.18. The molecule has 0 saturated carbocycles. The quantitative estimate of drug-likeness (QED) is 0.645. The average Bonchev–Trinajstić information content (AvgIpc) is 2.69. The summed E-state index contributed by atoms with van der Waals surface area (Å²) < 4.78 is 0. The van der Waals surface area contributed by atoms with E-state index in [2.05, 4.69) is 4.90 Å². The van der Waals surface area contributed by atoms with Crippen molar-refractivity contribution in [3.63, 3.8) is 0 Å². The Morgan fingerprint density at radius 3 is 1.52 bits per heavy atom. The third-order valence-electron chi connectivity index (χ3n) is 4.07. The highest BCUT2D eigenvalue weighted by molar-refractivity contribution is 5.76. The van der Waals surface area contributed by atoms with E-state index in [4.69, 9.17) is 5.11 Å². The highest BCUT2D eigenvalue weighted by Gasteiger charge is 2.18. The molecule has 0 aliphatic carbocycles. The number of anilines is 3. The van der Waals surface area contributed by atoms with Crippen molar-refractivity contribution in [2.45, 2.75) is 12.2 Å². The molecule has 0 aliphatic heterocycles. The Balaban J connectivity index is 1.97. The number of nitrogens with zero attached hydrogens (tertiary/aromatic N) is 1. The minimum atomic E-state index is -1.19. The number of aliphatic hydroxyl groups excluding tert-OH is 3. The van der Waals surface area contributed by atoms with E-state index >= 15 is 0 Å². The molecule has 4 nitrogen and oxygen atoms in total. The van der Waals surface area contributed by atoms with Gasteiger partial charge in [-0.05, 0) is 42.0 Å². The SMILES string of the molecule is OCC(O)C(O)c1ccc(N(c2ccccc2)c2ccccc2)cc1. The Kier molecular flexibility index (Phi) is 5.46. The van der Waals surface area contributed by atoms with E-state index in [-0.39, 0.29) is 0 Å². The first kappa shape index (κ1) is 17.2. The van der Waals surface area contributed by atoms with Crippen LogP contribution >= 0.6 is 0 Å². The van der Waals surface area contributed by atoms with Crippen LogP contribution in [0.15, 0.2) is 84.9 Å². The van der Waals surface area contributed by atoms with Crippen LogP contribution in [-0.2, 0) is 0 Å². The number of rotatable bonds is 6. The fraction of sp³-hybridized carbons (Fsp3) is 0.143. The van der Waals surface area contributed by atoms with Gasteiger partial charge in [0.05, 0.1) is 6.61 Å². The minimum absolute atomic E-state index is 0.483. The molecule has 3 aromatic rings. The van der Waals surface area contributed by atoms with Gasteiger partial charge in [0.2, 0.25) is 0 Å². The van der Waals surface area contributed by atoms with E-state index in [0.717, 1.165) is 17.1 Å². The number of hydrogen-bond acceptors (Lipinski definition) is 4. The molecule has 0 spiro atoms. The van der Waals surface area contributed by atoms with Crippen LogP contribution in [0.5, 0.6) is 0 Å². The number of benzene rings is 3. The van der Waals surface area contributed by atoms with Crippen LogP contribution in [0, 0.1) is 0 Å². The molecule has 4 heteroatoms. The largest absolute Gasteiger partial charge is 0.394 e. The maximum absolute atomic E-state index is 10.0. The van der Waals surface area contributed by atoms with Crippen molar-refractivity contribution >= 4 is 17.1 Å². The van der Waals surface area contributed by atoms with E-state index in [9.17, 15) is 10.2 Å². The van der Waals surface area contributed by atoms with E-state index < -0.39 is 18.8 Å². The topological polar surface area (TPSA) is 63.9 Å². The monoisotopic (exact) mass is 335 g/mol. The molecule has 0 saturated heterocycles. The molecule has 25 heavy (non-hydrogen) atoms. The molecule has 0 fully saturated rings. The molecule has 0 bridgehead atoms. The Morgan fingerprint density at radius 1 is 0.640 bits per heavy atom. The zero-order valence-electron chi connectivity index (χ0n) is 13.7. The predicted octanol–water partition coefficient (Wildman–Crippen LogP) is 3.54. The summed E-state index contributed by atoms with van der Waals surface area (Å²) in [6.45, 7) is -0.483. The van der Waals surface area contributed by atoms with Crippen molar-refractivity contribution in [3.8, 4) is 0 Å². The Bertz CT molecular complexity index is 736. The maximum Gasteiger partial charge on any atom is 0.107 e. The summed E-state index contributed by atoms with van der Waals surface area (Å²) in [6.07, 6.45) is -2.30. The zero-order valence-corrected chi connectivity index (χ0v) is 13.7. The van der Waals surface area contributed by atoms with Gasteiger partial charge in [0.1, 0.15) is 12.2 Å². The number of hydrogen-bond donors (Lipinski definition) is 3. The fourth-order valence-corrected chi connectivity index (χ4v) is 2.74. The van der Waals surface area contributed by atoms with Gasteiger partial charge in [-0.3, -0.25) is 0 Å². The van der Waals surface area contributed by atoms with Crippen molar-refractivity contribution in [2.75, 3.05) is 11.5 Å². The zero-order chi connectivity index (χ0) is 17.6. The second-order valence-electron chi connectivity index (χ2n) is 5.79. The third-order valence-corrected chi connectivity index (χ3v) is 4.07. The maximum atomic E-state index is 10.0. The van der Waals surface area contributed by atoms with Gasteiger partial charge >= 0.3 is 0 Å². The molecule has 3 N–H and O–H groups in total. The second kappa shape index (κ2) is 7.94. The molecule has 3 rings (SSSR count). The van der Waals surface area contributed by atoms with Crippen LogP contribution in [-0.4, -0.2) is 28.0 Å².